The zero-order chi connectivity index (χ0) is 24.3. The van der Waals surface area contributed by atoms with Crippen molar-refractivity contribution in [2.75, 3.05) is 19.7 Å². The lowest BCUT2D eigenvalue weighted by atomic mass is 9.76. The first kappa shape index (κ1) is 23.5. The number of ether oxygens (including phenoxy) is 1. The number of amides is 2. The second-order valence-corrected chi connectivity index (χ2v) is 9.08. The lowest BCUT2D eigenvalue weighted by molar-refractivity contribution is -0.166. The molecule has 178 valence electrons. The zero-order valence-corrected chi connectivity index (χ0v) is 19.3. The van der Waals surface area contributed by atoms with E-state index in [2.05, 4.69) is 24.0 Å². The van der Waals surface area contributed by atoms with E-state index in [4.69, 9.17) is 4.74 Å². The lowest BCUT2D eigenvalue weighted by Crippen LogP contribution is -2.65. The average molecular weight is 463 g/mol. The summed E-state index contributed by atoms with van der Waals surface area (Å²) in [6.07, 6.45) is 2.34. The maximum atomic E-state index is 13.0. The number of fused-ring (bicyclic) bond motifs is 3. The highest BCUT2D eigenvalue weighted by Crippen LogP contribution is 2.44. The molecule has 1 atom stereocenters. The van der Waals surface area contributed by atoms with Crippen LogP contribution in [0.4, 0.5) is 4.79 Å². The molecule has 2 aromatic carbocycles. The van der Waals surface area contributed by atoms with Crippen LogP contribution in [0.2, 0.25) is 0 Å². The molecule has 34 heavy (non-hydrogen) atoms. The van der Waals surface area contributed by atoms with Crippen LogP contribution < -0.4 is 5.32 Å². The largest absolute Gasteiger partial charge is 0.481 e. The van der Waals surface area contributed by atoms with Gasteiger partial charge in [-0.25, -0.2) is 4.79 Å². The number of benzene rings is 2. The second-order valence-electron chi connectivity index (χ2n) is 9.08. The zero-order valence-electron chi connectivity index (χ0n) is 19.3. The summed E-state index contributed by atoms with van der Waals surface area (Å²) >= 11 is 0. The number of carboxylic acid groups (broad SMARTS) is 1. The average Bonchev–Trinajstić information content (AvgIpc) is 3.12. The summed E-state index contributed by atoms with van der Waals surface area (Å²) in [4.78, 5) is 38.8. The van der Waals surface area contributed by atoms with Crippen LogP contribution in [0, 0.1) is 5.41 Å². The van der Waals surface area contributed by atoms with Gasteiger partial charge in [0.25, 0.3) is 0 Å². The molecule has 2 aromatic rings. The van der Waals surface area contributed by atoms with Gasteiger partial charge >= 0.3 is 12.1 Å². The maximum absolute atomic E-state index is 13.0. The summed E-state index contributed by atoms with van der Waals surface area (Å²) in [5, 5.41) is 12.2. The number of allylic oxidation sites excluding steroid dienone is 1. The van der Waals surface area contributed by atoms with Crippen LogP contribution in [0.3, 0.4) is 0 Å². The Hall–Kier alpha value is -3.61. The van der Waals surface area contributed by atoms with Crippen molar-refractivity contribution >= 4 is 18.0 Å². The van der Waals surface area contributed by atoms with E-state index in [0.717, 1.165) is 22.3 Å². The summed E-state index contributed by atoms with van der Waals surface area (Å²) in [6, 6.07) is 15.4. The van der Waals surface area contributed by atoms with Gasteiger partial charge in [-0.15, -0.1) is 6.58 Å². The van der Waals surface area contributed by atoms with Crippen molar-refractivity contribution in [1.82, 2.24) is 10.2 Å². The number of aliphatic carboxylic acids is 1. The molecule has 1 saturated heterocycles. The Morgan fingerprint density at radius 1 is 1.15 bits per heavy atom. The van der Waals surface area contributed by atoms with Gasteiger partial charge in [0.15, 0.2) is 0 Å². The van der Waals surface area contributed by atoms with Gasteiger partial charge < -0.3 is 20.1 Å². The number of rotatable bonds is 9. The molecule has 2 N–H and O–H groups in total. The monoisotopic (exact) mass is 462 g/mol. The predicted molar refractivity (Wildman–Crippen MR) is 128 cm³/mol. The normalized spacial score (nSPS) is 16.6. The number of hydrogen-bond donors (Lipinski definition) is 2. The smallest absolute Gasteiger partial charge is 0.407 e. The van der Waals surface area contributed by atoms with Crippen molar-refractivity contribution in [2.24, 2.45) is 5.41 Å². The summed E-state index contributed by atoms with van der Waals surface area (Å²) in [7, 11) is 0. The van der Waals surface area contributed by atoms with E-state index in [1.165, 1.54) is 4.90 Å². The van der Waals surface area contributed by atoms with E-state index >= 15 is 0 Å². The van der Waals surface area contributed by atoms with Crippen LogP contribution in [-0.4, -0.2) is 53.7 Å². The molecule has 0 bridgehead atoms. The molecule has 7 nitrogen and oxygen atoms in total. The Morgan fingerprint density at radius 2 is 1.74 bits per heavy atom. The number of nitrogens with one attached hydrogen (secondary N) is 1. The molecule has 0 saturated carbocycles. The number of alkyl carbamates (subject to hydrolysis) is 1. The van der Waals surface area contributed by atoms with Gasteiger partial charge in [0.2, 0.25) is 5.91 Å². The third-order valence-electron chi connectivity index (χ3n) is 6.80. The number of nitrogens with zero attached hydrogens (tertiary/aromatic N) is 1. The molecule has 1 aliphatic heterocycles. The third kappa shape index (κ3) is 4.30. The second kappa shape index (κ2) is 9.71. The van der Waals surface area contributed by atoms with Crippen LogP contribution in [0.25, 0.3) is 11.1 Å². The first-order chi connectivity index (χ1) is 16.4. The molecule has 1 unspecified atom stereocenters. The highest BCUT2D eigenvalue weighted by atomic mass is 16.5. The number of carboxylic acids is 1. The van der Waals surface area contributed by atoms with Crippen molar-refractivity contribution in [3.63, 3.8) is 0 Å². The van der Waals surface area contributed by atoms with Crippen molar-refractivity contribution in [3.8, 4) is 11.1 Å². The highest BCUT2D eigenvalue weighted by molar-refractivity contribution is 5.89. The number of carbonyl (C=O) groups excluding carboxylic acids is 2. The van der Waals surface area contributed by atoms with E-state index in [-0.39, 0.29) is 31.5 Å². The first-order valence-electron chi connectivity index (χ1n) is 11.6. The minimum Gasteiger partial charge on any atom is -0.481 e. The first-order valence-corrected chi connectivity index (χ1v) is 11.6. The van der Waals surface area contributed by atoms with E-state index in [1.54, 1.807) is 6.08 Å². The Bertz CT molecular complexity index is 1060. The number of likely N-dealkylation sites (tertiary alicyclic amines) is 1. The molecule has 4 rings (SSSR count). The fourth-order valence-corrected chi connectivity index (χ4v) is 5.02. The highest BCUT2D eigenvalue weighted by Gasteiger charge is 2.51. The Kier molecular flexibility index (Phi) is 6.72. The summed E-state index contributed by atoms with van der Waals surface area (Å²) < 4.78 is 5.59. The van der Waals surface area contributed by atoms with Crippen LogP contribution in [-0.2, 0) is 14.3 Å². The lowest BCUT2D eigenvalue weighted by Gasteiger charge is -2.47. The van der Waals surface area contributed by atoms with E-state index < -0.39 is 23.5 Å². The molecule has 2 aliphatic rings. The molecule has 7 heteroatoms. The van der Waals surface area contributed by atoms with Crippen LogP contribution in [0.15, 0.2) is 61.2 Å². The van der Waals surface area contributed by atoms with Gasteiger partial charge in [-0.2, -0.15) is 0 Å². The van der Waals surface area contributed by atoms with Gasteiger partial charge in [-0.05, 0) is 35.1 Å². The summed E-state index contributed by atoms with van der Waals surface area (Å²) in [5.74, 6) is -1.28. The molecule has 1 fully saturated rings. The van der Waals surface area contributed by atoms with Gasteiger partial charge in [0.05, 0.1) is 0 Å². The molecule has 2 amide bonds. The van der Waals surface area contributed by atoms with Gasteiger partial charge in [0, 0.05) is 19.0 Å². The van der Waals surface area contributed by atoms with Crippen molar-refractivity contribution in [2.45, 2.75) is 38.1 Å². The predicted octanol–water partition coefficient (Wildman–Crippen LogP) is 4.18. The summed E-state index contributed by atoms with van der Waals surface area (Å²) in [5.41, 5.74) is 3.53. The van der Waals surface area contributed by atoms with Crippen molar-refractivity contribution in [3.05, 3.63) is 72.3 Å². The number of hydrogen-bond acceptors (Lipinski definition) is 4. The minimum atomic E-state index is -0.988. The quantitative estimate of drug-likeness (QED) is 0.545. The fourth-order valence-electron chi connectivity index (χ4n) is 5.02. The standard InChI is InChI=1S/C27H30N2O5/c1-3-9-23(24(30)29-16-27(17-29,14-4-2)25(31)32)28-26(33)34-15-22-20-12-7-5-10-18(20)19-11-6-8-13-21(19)22/h4-8,10-13,22-23H,2-3,9,14-17H2,1H3,(H,28,33)(H,31,32). The van der Waals surface area contributed by atoms with Crippen LogP contribution in [0.5, 0.6) is 0 Å². The molecular weight excluding hydrogens is 432 g/mol. The molecule has 1 heterocycles. The van der Waals surface area contributed by atoms with Crippen LogP contribution >= 0.6 is 0 Å². The molecule has 0 spiro atoms. The van der Waals surface area contributed by atoms with E-state index in [9.17, 15) is 19.5 Å². The Labute approximate surface area is 199 Å². The van der Waals surface area contributed by atoms with E-state index in [0.29, 0.717) is 19.3 Å². The SMILES string of the molecule is C=CCC1(C(=O)O)CN(C(=O)C(CCC)NC(=O)OCC2c3ccccc3-c3ccccc32)C1. The molecular formula is C27H30N2O5. The number of carbonyl (C=O) groups is 3. The topological polar surface area (TPSA) is 95.9 Å². The molecule has 0 aromatic heterocycles. The van der Waals surface area contributed by atoms with Gasteiger partial charge in [0.1, 0.15) is 18.1 Å². The van der Waals surface area contributed by atoms with E-state index in [1.807, 2.05) is 43.3 Å². The molecule has 1 aliphatic carbocycles. The third-order valence-corrected chi connectivity index (χ3v) is 6.80. The van der Waals surface area contributed by atoms with Crippen molar-refractivity contribution in [1.29, 1.82) is 0 Å². The molecule has 0 radical (unpaired) electrons. The van der Waals surface area contributed by atoms with Gasteiger partial charge in [-0.3, -0.25) is 9.59 Å². The van der Waals surface area contributed by atoms with Crippen molar-refractivity contribution < 1.29 is 24.2 Å². The minimum absolute atomic E-state index is 0.0658. The fraction of sp³-hybridized carbons (Fsp3) is 0.370. The Balaban J connectivity index is 1.38. The van der Waals surface area contributed by atoms with Crippen LogP contribution in [0.1, 0.15) is 43.2 Å². The maximum Gasteiger partial charge on any atom is 0.407 e. The summed E-state index contributed by atoms with van der Waals surface area (Å²) in [6.45, 7) is 5.94. The van der Waals surface area contributed by atoms with Gasteiger partial charge in [-0.1, -0.05) is 68.0 Å². The Morgan fingerprint density at radius 3 is 2.26 bits per heavy atom.